The number of aromatic nitrogens is 1. The molecule has 2 heterocycles. The van der Waals surface area contributed by atoms with Gasteiger partial charge >= 0.3 is 6.03 Å². The standard InChI is InChI=1S/C35H51N5O6/c1-24-21-40(25(2)23-41)34(43)30-20-29(38-35(44)37-28-11-6-5-7-12-28)13-14-31(30)46-26(3)10-8-9-19-45-32(24)22-39(4)33(42)27-15-17-36-18-16-27/h13-18,20,24-26,28,32,41H,5-12,19,21-23H2,1-4H3,(H2,37,38,44)/t24-,25+,26-,32-/m0/s1. The third-order valence-electron chi connectivity index (χ3n) is 8.98. The lowest BCUT2D eigenvalue weighted by Crippen LogP contribution is -2.48. The summed E-state index contributed by atoms with van der Waals surface area (Å²) >= 11 is 0. The van der Waals surface area contributed by atoms with Crippen LogP contribution in [0.5, 0.6) is 5.75 Å². The number of hydrogen-bond donors (Lipinski definition) is 3. The first-order valence-electron chi connectivity index (χ1n) is 16.7. The van der Waals surface area contributed by atoms with Gasteiger partial charge in [-0.05, 0) is 76.3 Å². The van der Waals surface area contributed by atoms with Gasteiger partial charge in [-0.25, -0.2) is 4.79 Å². The number of aliphatic hydroxyl groups excluding tert-OH is 1. The third-order valence-corrected chi connectivity index (χ3v) is 8.98. The number of fused-ring (bicyclic) bond motifs is 1. The summed E-state index contributed by atoms with van der Waals surface area (Å²) < 4.78 is 12.7. The summed E-state index contributed by atoms with van der Waals surface area (Å²) in [5.74, 6) is -0.198. The van der Waals surface area contributed by atoms with E-state index in [1.807, 2.05) is 13.8 Å². The second-order valence-corrected chi connectivity index (χ2v) is 12.9. The van der Waals surface area contributed by atoms with Crippen molar-refractivity contribution in [2.45, 2.75) is 96.4 Å². The van der Waals surface area contributed by atoms with Crippen LogP contribution < -0.4 is 15.4 Å². The molecule has 1 saturated carbocycles. The monoisotopic (exact) mass is 637 g/mol. The number of ether oxygens (including phenoxy) is 2. The molecule has 1 aliphatic carbocycles. The van der Waals surface area contributed by atoms with Gasteiger partial charge in [0, 0.05) is 62.3 Å². The summed E-state index contributed by atoms with van der Waals surface area (Å²) in [5, 5.41) is 16.2. The smallest absolute Gasteiger partial charge is 0.319 e. The van der Waals surface area contributed by atoms with E-state index in [4.69, 9.17) is 9.47 Å². The van der Waals surface area contributed by atoms with E-state index in [-0.39, 0.29) is 55.2 Å². The molecule has 11 heteroatoms. The minimum absolute atomic E-state index is 0.137. The van der Waals surface area contributed by atoms with Gasteiger partial charge < -0.3 is 35.0 Å². The van der Waals surface area contributed by atoms with Crippen molar-refractivity contribution in [3.63, 3.8) is 0 Å². The minimum Gasteiger partial charge on any atom is -0.490 e. The van der Waals surface area contributed by atoms with E-state index < -0.39 is 6.04 Å². The van der Waals surface area contributed by atoms with Crippen LogP contribution in [-0.2, 0) is 4.74 Å². The number of benzene rings is 1. The highest BCUT2D eigenvalue weighted by molar-refractivity contribution is 5.99. The first-order chi connectivity index (χ1) is 22.2. The molecule has 4 rings (SSSR count). The molecule has 2 aliphatic rings. The fraction of sp³-hybridized carbons (Fsp3) is 0.600. The molecule has 1 aromatic carbocycles. The van der Waals surface area contributed by atoms with Gasteiger partial charge in [-0.1, -0.05) is 26.2 Å². The summed E-state index contributed by atoms with van der Waals surface area (Å²) in [7, 11) is 1.75. The van der Waals surface area contributed by atoms with Gasteiger partial charge in [-0.15, -0.1) is 0 Å². The summed E-state index contributed by atoms with van der Waals surface area (Å²) in [5.41, 5.74) is 1.34. The molecule has 0 unspecified atom stereocenters. The zero-order valence-electron chi connectivity index (χ0n) is 27.7. The number of anilines is 1. The van der Waals surface area contributed by atoms with Gasteiger partial charge in [-0.2, -0.15) is 0 Å². The van der Waals surface area contributed by atoms with Crippen LogP contribution in [0.2, 0.25) is 0 Å². The minimum atomic E-state index is -0.504. The first-order valence-corrected chi connectivity index (χ1v) is 16.7. The molecule has 0 saturated heterocycles. The lowest BCUT2D eigenvalue weighted by molar-refractivity contribution is -0.0149. The van der Waals surface area contributed by atoms with Gasteiger partial charge in [0.05, 0.1) is 30.4 Å². The average Bonchev–Trinajstić information content (AvgIpc) is 3.06. The van der Waals surface area contributed by atoms with Crippen molar-refractivity contribution in [2.75, 3.05) is 38.7 Å². The molecule has 1 aliphatic heterocycles. The topological polar surface area (TPSA) is 133 Å². The van der Waals surface area contributed by atoms with Crippen LogP contribution in [0.15, 0.2) is 42.7 Å². The second kappa shape index (κ2) is 17.3. The highest BCUT2D eigenvalue weighted by Crippen LogP contribution is 2.29. The van der Waals surface area contributed by atoms with Crippen molar-refractivity contribution in [1.82, 2.24) is 20.1 Å². The highest BCUT2D eigenvalue weighted by atomic mass is 16.5. The molecule has 3 N–H and O–H groups in total. The van der Waals surface area contributed by atoms with Gasteiger partial charge in [0.1, 0.15) is 5.75 Å². The van der Waals surface area contributed by atoms with Crippen LogP contribution in [0, 0.1) is 5.92 Å². The third kappa shape index (κ3) is 9.90. The zero-order valence-corrected chi connectivity index (χ0v) is 27.7. The Hall–Kier alpha value is -3.70. The normalized spacial score (nSPS) is 22.5. The van der Waals surface area contributed by atoms with E-state index in [1.54, 1.807) is 66.5 Å². The summed E-state index contributed by atoms with van der Waals surface area (Å²) in [6, 6.07) is 7.87. The van der Waals surface area contributed by atoms with Crippen molar-refractivity contribution in [1.29, 1.82) is 0 Å². The molecule has 0 radical (unpaired) electrons. The number of nitrogens with zero attached hydrogens (tertiary/aromatic N) is 3. The summed E-state index contributed by atoms with van der Waals surface area (Å²) in [6.45, 7) is 6.65. The Kier molecular flexibility index (Phi) is 13.2. The predicted molar refractivity (Wildman–Crippen MR) is 177 cm³/mol. The number of urea groups is 1. The molecule has 252 valence electrons. The number of hydrogen-bond acceptors (Lipinski definition) is 7. The Bertz CT molecular complexity index is 1290. The second-order valence-electron chi connectivity index (χ2n) is 12.9. The quantitative estimate of drug-likeness (QED) is 0.385. The number of likely N-dealkylation sites (N-methyl/N-ethyl adjacent to an activating group) is 1. The molecule has 2 aromatic rings. The molecule has 0 spiro atoms. The zero-order chi connectivity index (χ0) is 33.1. The summed E-state index contributed by atoms with van der Waals surface area (Å²) in [4.78, 5) is 47.6. The van der Waals surface area contributed by atoms with E-state index in [2.05, 4.69) is 15.6 Å². The number of carbonyl (C=O) groups excluding carboxylic acids is 3. The number of aliphatic hydroxyl groups is 1. The molecule has 4 amide bonds. The maximum absolute atomic E-state index is 14.3. The van der Waals surface area contributed by atoms with Crippen molar-refractivity contribution in [2.24, 2.45) is 5.92 Å². The molecular formula is C35H51N5O6. The largest absolute Gasteiger partial charge is 0.490 e. The van der Waals surface area contributed by atoms with Gasteiger partial charge in [-0.3, -0.25) is 14.6 Å². The predicted octanol–water partition coefficient (Wildman–Crippen LogP) is 5.10. The highest BCUT2D eigenvalue weighted by Gasteiger charge is 2.31. The number of rotatable bonds is 7. The Balaban J connectivity index is 1.58. The van der Waals surface area contributed by atoms with Crippen LogP contribution in [0.1, 0.15) is 92.9 Å². The Labute approximate surface area is 273 Å². The van der Waals surface area contributed by atoms with Gasteiger partial charge in [0.2, 0.25) is 0 Å². The number of nitrogens with one attached hydrogen (secondary N) is 2. The number of pyridine rings is 1. The molecule has 4 atom stereocenters. The Morgan fingerprint density at radius 3 is 2.50 bits per heavy atom. The van der Waals surface area contributed by atoms with E-state index >= 15 is 0 Å². The van der Waals surface area contributed by atoms with Gasteiger partial charge in [0.15, 0.2) is 0 Å². The fourth-order valence-corrected chi connectivity index (χ4v) is 6.13. The van der Waals surface area contributed by atoms with Crippen LogP contribution in [0.4, 0.5) is 10.5 Å². The van der Waals surface area contributed by atoms with E-state index in [1.165, 1.54) is 6.42 Å². The van der Waals surface area contributed by atoms with Crippen LogP contribution >= 0.6 is 0 Å². The lowest BCUT2D eigenvalue weighted by atomic mass is 9.96. The van der Waals surface area contributed by atoms with Crippen molar-refractivity contribution in [3.05, 3.63) is 53.9 Å². The Morgan fingerprint density at radius 2 is 1.78 bits per heavy atom. The molecule has 46 heavy (non-hydrogen) atoms. The van der Waals surface area contributed by atoms with Crippen molar-refractivity contribution < 1.29 is 29.0 Å². The molecule has 0 bridgehead atoms. The number of amides is 4. The van der Waals surface area contributed by atoms with Crippen LogP contribution in [-0.4, -0.2) is 95.4 Å². The van der Waals surface area contributed by atoms with E-state index in [9.17, 15) is 19.5 Å². The maximum Gasteiger partial charge on any atom is 0.319 e. The maximum atomic E-state index is 14.3. The van der Waals surface area contributed by atoms with Crippen LogP contribution in [0.3, 0.4) is 0 Å². The van der Waals surface area contributed by atoms with Crippen molar-refractivity contribution in [3.8, 4) is 5.75 Å². The number of carbonyl (C=O) groups is 3. The van der Waals surface area contributed by atoms with E-state index in [0.29, 0.717) is 35.7 Å². The molecular weight excluding hydrogens is 586 g/mol. The first kappa shape index (κ1) is 35.2. The molecule has 11 nitrogen and oxygen atoms in total. The molecule has 1 aromatic heterocycles. The average molecular weight is 638 g/mol. The summed E-state index contributed by atoms with van der Waals surface area (Å²) in [6.07, 6.45) is 10.4. The SMILES string of the molecule is C[C@H](CO)N1C[C@H](C)[C@H](CN(C)C(=O)c2ccncc2)OCCCC[C@H](C)Oc2ccc(NC(=O)NC3CCCCC3)cc2C1=O. The van der Waals surface area contributed by atoms with Gasteiger partial charge in [0.25, 0.3) is 11.8 Å². The van der Waals surface area contributed by atoms with Crippen molar-refractivity contribution >= 4 is 23.5 Å². The fourth-order valence-electron chi connectivity index (χ4n) is 6.13. The Morgan fingerprint density at radius 1 is 1.07 bits per heavy atom. The van der Waals surface area contributed by atoms with Crippen LogP contribution in [0.25, 0.3) is 0 Å². The lowest BCUT2D eigenvalue weighted by Gasteiger charge is -2.36. The van der Waals surface area contributed by atoms with E-state index in [0.717, 1.165) is 44.9 Å². The molecule has 1 fully saturated rings.